The number of ether oxygens (including phenoxy) is 1. The molecule has 1 saturated heterocycles. The second kappa shape index (κ2) is 7.22. The van der Waals surface area contributed by atoms with E-state index in [1.54, 1.807) is 0 Å². The first kappa shape index (κ1) is 14.8. The lowest BCUT2D eigenvalue weighted by atomic mass is 9.84. The van der Waals surface area contributed by atoms with Crippen LogP contribution in [0.15, 0.2) is 0 Å². The normalized spacial score (nSPS) is 23.2. The molecule has 1 N–H and O–H groups in total. The Balaban J connectivity index is 1.65. The molecule has 0 aromatic carbocycles. The molecule has 110 valence electrons. The first-order valence-corrected chi connectivity index (χ1v) is 7.47. The number of β-amino-alcohol motifs (C(OH)–C–C–N with tert-alkyl or cyclic N) is 1. The van der Waals surface area contributed by atoms with Crippen molar-refractivity contribution in [3.05, 3.63) is 0 Å². The molecule has 19 heavy (non-hydrogen) atoms. The summed E-state index contributed by atoms with van der Waals surface area (Å²) in [5.41, 5.74) is 0. The number of aliphatic hydroxyl groups is 1. The highest BCUT2D eigenvalue weighted by atomic mass is 16.5. The summed E-state index contributed by atoms with van der Waals surface area (Å²) >= 11 is 0. The topological polar surface area (TPSA) is 53.0 Å². The number of piperazine rings is 1. The van der Waals surface area contributed by atoms with Gasteiger partial charge in [-0.2, -0.15) is 0 Å². The summed E-state index contributed by atoms with van der Waals surface area (Å²) < 4.78 is 5.21. The van der Waals surface area contributed by atoms with Gasteiger partial charge in [0.2, 0.25) is 5.91 Å². The maximum Gasteiger partial charge on any atom is 0.225 e. The Bertz CT molecular complexity index is 286. The van der Waals surface area contributed by atoms with Gasteiger partial charge in [0, 0.05) is 45.2 Å². The zero-order valence-corrected chi connectivity index (χ0v) is 11.9. The van der Waals surface area contributed by atoms with Crippen LogP contribution in [0.25, 0.3) is 0 Å². The summed E-state index contributed by atoms with van der Waals surface area (Å²) in [4.78, 5) is 16.3. The predicted octanol–water partition coefficient (Wildman–Crippen LogP) is 0.328. The number of carbonyl (C=O) groups is 1. The van der Waals surface area contributed by atoms with E-state index < -0.39 is 6.10 Å². The molecule has 1 heterocycles. The third kappa shape index (κ3) is 4.16. The summed E-state index contributed by atoms with van der Waals surface area (Å²) in [5.74, 6) is 0.649. The lowest BCUT2D eigenvalue weighted by molar-refractivity contribution is -0.140. The number of nitrogens with zero attached hydrogens (tertiary/aromatic N) is 2. The molecule has 2 rings (SSSR count). The van der Waals surface area contributed by atoms with Crippen LogP contribution in [0.1, 0.15) is 26.2 Å². The zero-order valence-electron chi connectivity index (χ0n) is 11.9. The average molecular weight is 270 g/mol. The Morgan fingerprint density at radius 3 is 2.53 bits per heavy atom. The standard InChI is InChI=1S/C14H26N2O3/c1-2-19-11-13(17)10-15-6-8-16(9-7-15)14(18)12-4-3-5-12/h12-13,17H,2-11H2,1H3/t13-/m1/s1. The van der Waals surface area contributed by atoms with Crippen molar-refractivity contribution in [2.75, 3.05) is 45.9 Å². The predicted molar refractivity (Wildman–Crippen MR) is 72.9 cm³/mol. The van der Waals surface area contributed by atoms with Crippen LogP contribution < -0.4 is 0 Å². The van der Waals surface area contributed by atoms with Crippen LogP contribution in [0.4, 0.5) is 0 Å². The van der Waals surface area contributed by atoms with Crippen molar-refractivity contribution < 1.29 is 14.6 Å². The van der Waals surface area contributed by atoms with Gasteiger partial charge in [0.1, 0.15) is 0 Å². The molecular formula is C14H26N2O3. The van der Waals surface area contributed by atoms with E-state index in [0.717, 1.165) is 39.0 Å². The molecule has 1 amide bonds. The van der Waals surface area contributed by atoms with Gasteiger partial charge in [-0.15, -0.1) is 0 Å². The Labute approximate surface area is 115 Å². The van der Waals surface area contributed by atoms with Crippen LogP contribution in [0.5, 0.6) is 0 Å². The van der Waals surface area contributed by atoms with Gasteiger partial charge in [-0.25, -0.2) is 0 Å². The SMILES string of the molecule is CCOC[C@H](O)CN1CCN(C(=O)C2CCC2)CC1. The number of amides is 1. The second-order valence-electron chi connectivity index (χ2n) is 5.57. The highest BCUT2D eigenvalue weighted by molar-refractivity contribution is 5.79. The third-order valence-electron chi connectivity index (χ3n) is 4.12. The summed E-state index contributed by atoms with van der Waals surface area (Å²) in [6.07, 6.45) is 2.94. The monoisotopic (exact) mass is 270 g/mol. The van der Waals surface area contributed by atoms with Crippen LogP contribution in [-0.2, 0) is 9.53 Å². The van der Waals surface area contributed by atoms with Crippen molar-refractivity contribution >= 4 is 5.91 Å². The molecular weight excluding hydrogens is 244 g/mol. The van der Waals surface area contributed by atoms with Crippen molar-refractivity contribution in [3.8, 4) is 0 Å². The first-order valence-electron chi connectivity index (χ1n) is 7.47. The van der Waals surface area contributed by atoms with Gasteiger partial charge in [-0.1, -0.05) is 6.42 Å². The summed E-state index contributed by atoms with van der Waals surface area (Å²) in [6, 6.07) is 0. The first-order chi connectivity index (χ1) is 9.20. The molecule has 0 aromatic heterocycles. The van der Waals surface area contributed by atoms with Gasteiger partial charge in [-0.3, -0.25) is 9.69 Å². The minimum atomic E-state index is -0.422. The van der Waals surface area contributed by atoms with Gasteiger partial charge < -0.3 is 14.7 Å². The van der Waals surface area contributed by atoms with Crippen molar-refractivity contribution in [1.29, 1.82) is 0 Å². The molecule has 0 bridgehead atoms. The highest BCUT2D eigenvalue weighted by Crippen LogP contribution is 2.28. The maximum atomic E-state index is 12.1. The van der Waals surface area contributed by atoms with E-state index >= 15 is 0 Å². The summed E-state index contributed by atoms with van der Waals surface area (Å²) in [6.45, 7) is 6.94. The fourth-order valence-electron chi connectivity index (χ4n) is 2.67. The van der Waals surface area contributed by atoms with Crippen molar-refractivity contribution in [1.82, 2.24) is 9.80 Å². The molecule has 0 radical (unpaired) electrons. The van der Waals surface area contributed by atoms with Crippen LogP contribution in [-0.4, -0.2) is 72.9 Å². The van der Waals surface area contributed by atoms with E-state index in [0.29, 0.717) is 31.6 Å². The number of rotatable bonds is 6. The molecule has 1 saturated carbocycles. The molecule has 0 unspecified atom stereocenters. The lowest BCUT2D eigenvalue weighted by Crippen LogP contribution is -2.52. The summed E-state index contributed by atoms with van der Waals surface area (Å²) in [5, 5.41) is 9.80. The van der Waals surface area contributed by atoms with E-state index in [1.807, 2.05) is 11.8 Å². The van der Waals surface area contributed by atoms with E-state index in [9.17, 15) is 9.90 Å². The molecule has 2 fully saturated rings. The minimum absolute atomic E-state index is 0.301. The zero-order chi connectivity index (χ0) is 13.7. The van der Waals surface area contributed by atoms with Crippen LogP contribution >= 0.6 is 0 Å². The molecule has 5 nitrogen and oxygen atoms in total. The minimum Gasteiger partial charge on any atom is -0.389 e. The van der Waals surface area contributed by atoms with Gasteiger partial charge in [-0.05, 0) is 19.8 Å². The van der Waals surface area contributed by atoms with Crippen LogP contribution in [0.2, 0.25) is 0 Å². The van der Waals surface area contributed by atoms with E-state index in [4.69, 9.17) is 4.74 Å². The van der Waals surface area contributed by atoms with Crippen molar-refractivity contribution in [3.63, 3.8) is 0 Å². The molecule has 5 heteroatoms. The third-order valence-corrected chi connectivity index (χ3v) is 4.12. The average Bonchev–Trinajstić information content (AvgIpc) is 2.35. The van der Waals surface area contributed by atoms with Gasteiger partial charge >= 0.3 is 0 Å². The van der Waals surface area contributed by atoms with Gasteiger partial charge in [0.05, 0.1) is 12.7 Å². The largest absolute Gasteiger partial charge is 0.389 e. The maximum absolute atomic E-state index is 12.1. The Kier molecular flexibility index (Phi) is 5.60. The summed E-state index contributed by atoms with van der Waals surface area (Å²) in [7, 11) is 0. The molecule has 1 aliphatic carbocycles. The number of carbonyl (C=O) groups excluding carboxylic acids is 1. The second-order valence-corrected chi connectivity index (χ2v) is 5.57. The van der Waals surface area contributed by atoms with Crippen LogP contribution in [0, 0.1) is 5.92 Å². The number of hydrogen-bond donors (Lipinski definition) is 1. The molecule has 0 aromatic rings. The molecule has 1 aliphatic heterocycles. The number of aliphatic hydroxyl groups excluding tert-OH is 1. The Morgan fingerprint density at radius 1 is 1.32 bits per heavy atom. The molecule has 1 atom stereocenters. The van der Waals surface area contributed by atoms with Crippen molar-refractivity contribution in [2.45, 2.75) is 32.3 Å². The van der Waals surface area contributed by atoms with Gasteiger partial charge in [0.25, 0.3) is 0 Å². The van der Waals surface area contributed by atoms with Crippen LogP contribution in [0.3, 0.4) is 0 Å². The number of hydrogen-bond acceptors (Lipinski definition) is 4. The fourth-order valence-corrected chi connectivity index (χ4v) is 2.67. The van der Waals surface area contributed by atoms with E-state index in [1.165, 1.54) is 6.42 Å². The smallest absolute Gasteiger partial charge is 0.225 e. The Hall–Kier alpha value is -0.650. The highest BCUT2D eigenvalue weighted by Gasteiger charge is 2.31. The Morgan fingerprint density at radius 2 is 2.00 bits per heavy atom. The lowest BCUT2D eigenvalue weighted by Gasteiger charge is -2.38. The fraction of sp³-hybridized carbons (Fsp3) is 0.929. The quantitative estimate of drug-likeness (QED) is 0.755. The van der Waals surface area contributed by atoms with E-state index in [-0.39, 0.29) is 0 Å². The van der Waals surface area contributed by atoms with E-state index in [2.05, 4.69) is 4.90 Å². The van der Waals surface area contributed by atoms with Crippen molar-refractivity contribution in [2.24, 2.45) is 5.92 Å². The van der Waals surface area contributed by atoms with Gasteiger partial charge in [0.15, 0.2) is 0 Å². The molecule has 0 spiro atoms. The molecule has 2 aliphatic rings.